The van der Waals surface area contributed by atoms with Gasteiger partial charge < -0.3 is 15.0 Å². The zero-order valence-corrected chi connectivity index (χ0v) is 10.5. The van der Waals surface area contributed by atoms with Crippen LogP contribution in [0.2, 0.25) is 0 Å². The van der Waals surface area contributed by atoms with E-state index in [0.717, 1.165) is 38.5 Å². The van der Waals surface area contributed by atoms with Crippen LogP contribution in [-0.2, 0) is 16.0 Å². The van der Waals surface area contributed by atoms with Crippen molar-refractivity contribution in [3.63, 3.8) is 0 Å². The molecule has 6 heteroatoms. The van der Waals surface area contributed by atoms with Gasteiger partial charge in [-0.1, -0.05) is 0 Å². The van der Waals surface area contributed by atoms with Crippen molar-refractivity contribution in [3.05, 3.63) is 18.2 Å². The topological polar surface area (TPSA) is 70.2 Å². The number of carbonyl (C=O) groups is 1. The number of H-pyrrole nitrogens is 1. The Morgan fingerprint density at radius 3 is 3.06 bits per heavy atom. The second kappa shape index (κ2) is 7.13. The van der Waals surface area contributed by atoms with Crippen molar-refractivity contribution in [1.29, 1.82) is 0 Å². The molecule has 18 heavy (non-hydrogen) atoms. The van der Waals surface area contributed by atoms with Gasteiger partial charge in [0, 0.05) is 44.5 Å². The number of aromatic nitrogens is 2. The Balaban J connectivity index is 1.54. The van der Waals surface area contributed by atoms with Gasteiger partial charge in [0.2, 0.25) is 5.91 Å². The lowest BCUT2D eigenvalue weighted by atomic mass is 10.2. The number of amides is 1. The molecule has 1 aliphatic heterocycles. The monoisotopic (exact) mass is 252 g/mol. The average Bonchev–Trinajstić information content (AvgIpc) is 2.91. The summed E-state index contributed by atoms with van der Waals surface area (Å²) in [6.07, 6.45) is 4.60. The van der Waals surface area contributed by atoms with Crippen LogP contribution in [0.25, 0.3) is 0 Å². The van der Waals surface area contributed by atoms with E-state index in [1.165, 1.54) is 0 Å². The maximum Gasteiger partial charge on any atom is 0.220 e. The van der Waals surface area contributed by atoms with E-state index in [1.54, 1.807) is 12.5 Å². The van der Waals surface area contributed by atoms with Crippen molar-refractivity contribution in [2.45, 2.75) is 12.8 Å². The smallest absolute Gasteiger partial charge is 0.220 e. The standard InChI is InChI=1S/C12H20N4O2/c17-12(2-1-11-9-13-10-15-11)14-3-4-16-5-7-18-8-6-16/h9-10H,1-8H2,(H,13,15)(H,14,17). The molecule has 1 aromatic rings. The third kappa shape index (κ3) is 4.46. The Hall–Kier alpha value is -1.40. The van der Waals surface area contributed by atoms with Gasteiger partial charge in [0.1, 0.15) is 0 Å². The van der Waals surface area contributed by atoms with Crippen LogP contribution in [-0.4, -0.2) is 60.2 Å². The van der Waals surface area contributed by atoms with Crippen molar-refractivity contribution >= 4 is 5.91 Å². The summed E-state index contributed by atoms with van der Waals surface area (Å²) in [6.45, 7) is 5.14. The summed E-state index contributed by atoms with van der Waals surface area (Å²) in [4.78, 5) is 20.8. The van der Waals surface area contributed by atoms with E-state index in [1.807, 2.05) is 0 Å². The predicted molar refractivity (Wildman–Crippen MR) is 67.2 cm³/mol. The van der Waals surface area contributed by atoms with E-state index >= 15 is 0 Å². The molecule has 1 amide bonds. The zero-order chi connectivity index (χ0) is 12.6. The number of hydrogen-bond acceptors (Lipinski definition) is 4. The Morgan fingerprint density at radius 1 is 1.50 bits per heavy atom. The highest BCUT2D eigenvalue weighted by Gasteiger charge is 2.10. The quantitative estimate of drug-likeness (QED) is 0.735. The van der Waals surface area contributed by atoms with Gasteiger partial charge in [0.25, 0.3) is 0 Å². The van der Waals surface area contributed by atoms with E-state index in [4.69, 9.17) is 4.74 Å². The number of aromatic amines is 1. The van der Waals surface area contributed by atoms with Crippen LogP contribution in [0.3, 0.4) is 0 Å². The van der Waals surface area contributed by atoms with Crippen LogP contribution in [0.1, 0.15) is 12.1 Å². The van der Waals surface area contributed by atoms with Gasteiger partial charge in [0.15, 0.2) is 0 Å². The summed E-state index contributed by atoms with van der Waals surface area (Å²) in [5, 5.41) is 2.94. The number of hydrogen-bond donors (Lipinski definition) is 2. The molecule has 6 nitrogen and oxygen atoms in total. The third-order valence-electron chi connectivity index (χ3n) is 3.03. The SMILES string of the molecule is O=C(CCc1cnc[nH]1)NCCN1CCOCC1. The molecule has 0 saturated carbocycles. The Bertz CT molecular complexity index is 347. The number of nitrogens with zero attached hydrogens (tertiary/aromatic N) is 2. The second-order valence-electron chi connectivity index (χ2n) is 4.38. The van der Waals surface area contributed by atoms with Gasteiger partial charge in [0.05, 0.1) is 19.5 Å². The van der Waals surface area contributed by atoms with Crippen LogP contribution in [0.15, 0.2) is 12.5 Å². The molecule has 0 radical (unpaired) electrons. The Labute approximate surface area is 107 Å². The molecule has 0 aliphatic carbocycles. The highest BCUT2D eigenvalue weighted by Crippen LogP contribution is 1.97. The van der Waals surface area contributed by atoms with Gasteiger partial charge in [-0.15, -0.1) is 0 Å². The minimum Gasteiger partial charge on any atom is -0.379 e. The van der Waals surface area contributed by atoms with E-state index in [9.17, 15) is 4.79 Å². The molecule has 1 saturated heterocycles. The molecular weight excluding hydrogens is 232 g/mol. The van der Waals surface area contributed by atoms with Gasteiger partial charge in [-0.05, 0) is 6.42 Å². The van der Waals surface area contributed by atoms with Crippen molar-refractivity contribution in [2.75, 3.05) is 39.4 Å². The predicted octanol–water partition coefficient (Wildman–Crippen LogP) is -0.209. The van der Waals surface area contributed by atoms with Gasteiger partial charge in [-0.2, -0.15) is 0 Å². The number of morpholine rings is 1. The number of nitrogens with one attached hydrogen (secondary N) is 2. The van der Waals surface area contributed by atoms with Gasteiger partial charge in [-0.25, -0.2) is 4.98 Å². The number of aryl methyl sites for hydroxylation is 1. The minimum absolute atomic E-state index is 0.0952. The lowest BCUT2D eigenvalue weighted by Gasteiger charge is -2.26. The lowest BCUT2D eigenvalue weighted by molar-refractivity contribution is -0.121. The molecule has 2 N–H and O–H groups in total. The first-order valence-electron chi connectivity index (χ1n) is 6.38. The fraction of sp³-hybridized carbons (Fsp3) is 0.667. The first kappa shape index (κ1) is 13.0. The number of imidazole rings is 1. The molecular formula is C12H20N4O2. The lowest BCUT2D eigenvalue weighted by Crippen LogP contribution is -2.41. The van der Waals surface area contributed by atoms with Crippen molar-refractivity contribution in [3.8, 4) is 0 Å². The maximum absolute atomic E-state index is 11.6. The summed E-state index contributed by atoms with van der Waals surface area (Å²) < 4.78 is 5.27. The second-order valence-corrected chi connectivity index (χ2v) is 4.38. The van der Waals surface area contributed by atoms with Crippen molar-refractivity contribution in [2.24, 2.45) is 0 Å². The molecule has 1 aromatic heterocycles. The van der Waals surface area contributed by atoms with Crippen LogP contribution in [0.4, 0.5) is 0 Å². The molecule has 2 heterocycles. The van der Waals surface area contributed by atoms with Crippen molar-refractivity contribution < 1.29 is 9.53 Å². The molecule has 0 aromatic carbocycles. The van der Waals surface area contributed by atoms with Crippen molar-refractivity contribution in [1.82, 2.24) is 20.2 Å². The Kier molecular flexibility index (Phi) is 5.16. The first-order valence-corrected chi connectivity index (χ1v) is 6.38. The largest absolute Gasteiger partial charge is 0.379 e. The molecule has 1 aliphatic rings. The maximum atomic E-state index is 11.6. The molecule has 1 fully saturated rings. The van der Waals surface area contributed by atoms with E-state index < -0.39 is 0 Å². The van der Waals surface area contributed by atoms with E-state index in [2.05, 4.69) is 20.2 Å². The Morgan fingerprint density at radius 2 is 2.33 bits per heavy atom. The summed E-state index contributed by atoms with van der Waals surface area (Å²) in [7, 11) is 0. The van der Waals surface area contributed by atoms with Gasteiger partial charge in [-0.3, -0.25) is 9.69 Å². The van der Waals surface area contributed by atoms with E-state index in [-0.39, 0.29) is 5.91 Å². The van der Waals surface area contributed by atoms with Crippen LogP contribution in [0, 0.1) is 0 Å². The molecule has 0 unspecified atom stereocenters. The summed E-state index contributed by atoms with van der Waals surface area (Å²) in [6, 6.07) is 0. The highest BCUT2D eigenvalue weighted by molar-refractivity contribution is 5.76. The minimum atomic E-state index is 0.0952. The summed E-state index contributed by atoms with van der Waals surface area (Å²) in [5.74, 6) is 0.0952. The normalized spacial score (nSPS) is 16.7. The number of ether oxygens (including phenoxy) is 1. The molecule has 2 rings (SSSR count). The fourth-order valence-corrected chi connectivity index (χ4v) is 1.94. The molecule has 0 bridgehead atoms. The average molecular weight is 252 g/mol. The third-order valence-corrected chi connectivity index (χ3v) is 3.03. The van der Waals surface area contributed by atoms with Crippen LogP contribution < -0.4 is 5.32 Å². The van der Waals surface area contributed by atoms with Crippen LogP contribution >= 0.6 is 0 Å². The highest BCUT2D eigenvalue weighted by atomic mass is 16.5. The van der Waals surface area contributed by atoms with Gasteiger partial charge >= 0.3 is 0 Å². The first-order chi connectivity index (χ1) is 8.84. The summed E-state index contributed by atoms with van der Waals surface area (Å²) in [5.41, 5.74) is 0.998. The zero-order valence-electron chi connectivity index (χ0n) is 10.5. The van der Waals surface area contributed by atoms with Crippen LogP contribution in [0.5, 0.6) is 0 Å². The fourth-order valence-electron chi connectivity index (χ4n) is 1.94. The molecule has 0 atom stereocenters. The molecule has 100 valence electrons. The molecule has 0 spiro atoms. The van der Waals surface area contributed by atoms with E-state index in [0.29, 0.717) is 19.4 Å². The number of carbonyl (C=O) groups excluding carboxylic acids is 1. The summed E-state index contributed by atoms with van der Waals surface area (Å²) >= 11 is 0. The number of rotatable bonds is 6.